The number of nitrogens with zero attached hydrogens (tertiary/aromatic N) is 1. The predicted molar refractivity (Wildman–Crippen MR) is 78.3 cm³/mol. The van der Waals surface area contributed by atoms with Gasteiger partial charge < -0.3 is 10.6 Å². The smallest absolute Gasteiger partial charge is 0.255 e. The van der Waals surface area contributed by atoms with Gasteiger partial charge in [0.1, 0.15) is 0 Å². The number of benzene rings is 1. The first-order valence-corrected chi connectivity index (χ1v) is 8.11. The summed E-state index contributed by atoms with van der Waals surface area (Å²) in [4.78, 5) is 15.7. The quantitative estimate of drug-likeness (QED) is 0.843. The van der Waals surface area contributed by atoms with Gasteiger partial charge in [0.25, 0.3) is 5.91 Å². The minimum Gasteiger partial charge on any atom is -0.338 e. The Hall–Kier alpha value is -1.00. The van der Waals surface area contributed by atoms with Gasteiger partial charge in [-0.2, -0.15) is 0 Å². The topological polar surface area (TPSA) is 46.3 Å². The van der Waals surface area contributed by atoms with Crippen molar-refractivity contribution in [1.29, 1.82) is 0 Å². The SMILES string of the molecule is CSc1ccccc1C(=O)N1CC2CCC(N)C2C1. The van der Waals surface area contributed by atoms with Crippen LogP contribution in [0.1, 0.15) is 23.2 Å². The molecule has 0 aromatic heterocycles. The van der Waals surface area contributed by atoms with Crippen molar-refractivity contribution in [2.75, 3.05) is 19.3 Å². The molecule has 2 fully saturated rings. The molecule has 19 heavy (non-hydrogen) atoms. The van der Waals surface area contributed by atoms with Crippen molar-refractivity contribution in [2.24, 2.45) is 17.6 Å². The van der Waals surface area contributed by atoms with Crippen LogP contribution in [-0.4, -0.2) is 36.2 Å². The van der Waals surface area contributed by atoms with Crippen LogP contribution in [0.5, 0.6) is 0 Å². The number of carbonyl (C=O) groups is 1. The first-order chi connectivity index (χ1) is 9.20. The van der Waals surface area contributed by atoms with E-state index in [4.69, 9.17) is 5.73 Å². The molecule has 1 aliphatic heterocycles. The number of nitrogens with two attached hydrogens (primary N) is 1. The first-order valence-electron chi connectivity index (χ1n) is 6.88. The van der Waals surface area contributed by atoms with Crippen molar-refractivity contribution in [3.8, 4) is 0 Å². The van der Waals surface area contributed by atoms with Crippen LogP contribution in [0.3, 0.4) is 0 Å². The third-order valence-electron chi connectivity index (χ3n) is 4.54. The fraction of sp³-hybridized carbons (Fsp3) is 0.533. The first kappa shape index (κ1) is 13.0. The van der Waals surface area contributed by atoms with Crippen LogP contribution in [0.2, 0.25) is 0 Å². The molecule has 3 rings (SSSR count). The second-order valence-corrected chi connectivity index (χ2v) is 6.42. The number of carbonyl (C=O) groups excluding carboxylic acids is 1. The van der Waals surface area contributed by atoms with Gasteiger partial charge >= 0.3 is 0 Å². The zero-order valence-corrected chi connectivity index (χ0v) is 12.0. The summed E-state index contributed by atoms with van der Waals surface area (Å²) < 4.78 is 0. The van der Waals surface area contributed by atoms with Crippen molar-refractivity contribution >= 4 is 17.7 Å². The van der Waals surface area contributed by atoms with Gasteiger partial charge in [-0.25, -0.2) is 0 Å². The molecule has 2 N–H and O–H groups in total. The number of rotatable bonds is 2. The molecule has 1 heterocycles. The van der Waals surface area contributed by atoms with Crippen LogP contribution in [0.15, 0.2) is 29.2 Å². The average molecular weight is 276 g/mol. The number of amides is 1. The van der Waals surface area contributed by atoms with Gasteiger partial charge in [0.15, 0.2) is 0 Å². The van der Waals surface area contributed by atoms with E-state index in [1.165, 1.54) is 6.42 Å². The molecule has 0 radical (unpaired) electrons. The van der Waals surface area contributed by atoms with E-state index in [0.29, 0.717) is 17.9 Å². The Morgan fingerprint density at radius 3 is 2.84 bits per heavy atom. The van der Waals surface area contributed by atoms with Gasteiger partial charge in [-0.1, -0.05) is 12.1 Å². The van der Waals surface area contributed by atoms with Crippen LogP contribution in [0.25, 0.3) is 0 Å². The number of hydrogen-bond donors (Lipinski definition) is 1. The molecule has 2 aliphatic rings. The van der Waals surface area contributed by atoms with Gasteiger partial charge in [0.2, 0.25) is 0 Å². The summed E-state index contributed by atoms with van der Waals surface area (Å²) in [5, 5.41) is 0. The lowest BCUT2D eigenvalue weighted by Gasteiger charge is -2.20. The molecule has 4 heteroatoms. The fourth-order valence-electron chi connectivity index (χ4n) is 3.46. The second-order valence-electron chi connectivity index (χ2n) is 5.58. The summed E-state index contributed by atoms with van der Waals surface area (Å²) in [7, 11) is 0. The summed E-state index contributed by atoms with van der Waals surface area (Å²) >= 11 is 1.63. The molecular formula is C15H20N2OS. The molecule has 0 bridgehead atoms. The second kappa shape index (κ2) is 5.17. The minimum atomic E-state index is 0.173. The largest absolute Gasteiger partial charge is 0.338 e. The molecule has 3 nitrogen and oxygen atoms in total. The Balaban J connectivity index is 1.78. The highest BCUT2D eigenvalue weighted by Crippen LogP contribution is 2.38. The van der Waals surface area contributed by atoms with Gasteiger partial charge in [-0.3, -0.25) is 4.79 Å². The number of likely N-dealkylation sites (tertiary alicyclic amines) is 1. The molecule has 1 saturated heterocycles. The van der Waals surface area contributed by atoms with Crippen molar-refractivity contribution in [3.05, 3.63) is 29.8 Å². The predicted octanol–water partition coefficient (Wildman–Crippen LogP) is 2.22. The molecule has 1 aliphatic carbocycles. The Bertz CT molecular complexity index is 491. The number of thioether (sulfide) groups is 1. The normalized spacial score (nSPS) is 29.6. The zero-order chi connectivity index (χ0) is 13.4. The maximum Gasteiger partial charge on any atom is 0.255 e. The lowest BCUT2D eigenvalue weighted by Crippen LogP contribution is -2.33. The summed E-state index contributed by atoms with van der Waals surface area (Å²) in [6.07, 6.45) is 4.32. The minimum absolute atomic E-state index is 0.173. The molecule has 1 aromatic carbocycles. The number of hydrogen-bond acceptors (Lipinski definition) is 3. The molecule has 0 spiro atoms. The van der Waals surface area contributed by atoms with Crippen molar-refractivity contribution in [1.82, 2.24) is 4.90 Å². The monoisotopic (exact) mass is 276 g/mol. The van der Waals surface area contributed by atoms with E-state index in [0.717, 1.165) is 30.0 Å². The Labute approximate surface area is 118 Å². The molecule has 3 unspecified atom stereocenters. The third kappa shape index (κ3) is 2.28. The maximum atomic E-state index is 12.6. The van der Waals surface area contributed by atoms with Crippen LogP contribution < -0.4 is 5.73 Å². The Morgan fingerprint density at radius 1 is 1.32 bits per heavy atom. The third-order valence-corrected chi connectivity index (χ3v) is 5.33. The van der Waals surface area contributed by atoms with Crippen LogP contribution >= 0.6 is 11.8 Å². The van der Waals surface area contributed by atoms with Crippen LogP contribution in [0.4, 0.5) is 0 Å². The van der Waals surface area contributed by atoms with Gasteiger partial charge in [0, 0.05) is 24.0 Å². The standard InChI is InChI=1S/C15H20N2OS/c1-19-14-5-3-2-4-11(14)15(18)17-8-10-6-7-13(16)12(10)9-17/h2-5,10,12-13H,6-9,16H2,1H3. The van der Waals surface area contributed by atoms with Crippen molar-refractivity contribution in [3.63, 3.8) is 0 Å². The number of fused-ring (bicyclic) bond motifs is 1. The van der Waals surface area contributed by atoms with E-state index >= 15 is 0 Å². The van der Waals surface area contributed by atoms with Gasteiger partial charge in [-0.05, 0) is 43.1 Å². The van der Waals surface area contributed by atoms with Gasteiger partial charge in [0.05, 0.1) is 5.56 Å². The lowest BCUT2D eigenvalue weighted by molar-refractivity contribution is 0.0776. The zero-order valence-electron chi connectivity index (χ0n) is 11.2. The summed E-state index contributed by atoms with van der Waals surface area (Å²) in [6.45, 7) is 1.73. The Kier molecular flexibility index (Phi) is 3.54. The van der Waals surface area contributed by atoms with Crippen LogP contribution in [0, 0.1) is 11.8 Å². The van der Waals surface area contributed by atoms with Gasteiger partial charge in [-0.15, -0.1) is 11.8 Å². The van der Waals surface area contributed by atoms with E-state index < -0.39 is 0 Å². The highest BCUT2D eigenvalue weighted by Gasteiger charge is 2.42. The van der Waals surface area contributed by atoms with E-state index in [2.05, 4.69) is 0 Å². The summed E-state index contributed by atoms with van der Waals surface area (Å²) in [5.41, 5.74) is 6.97. The average Bonchev–Trinajstić information content (AvgIpc) is 3.00. The fourth-order valence-corrected chi connectivity index (χ4v) is 4.05. The molecule has 1 aromatic rings. The lowest BCUT2D eigenvalue weighted by atomic mass is 9.98. The highest BCUT2D eigenvalue weighted by molar-refractivity contribution is 7.98. The molecule has 102 valence electrons. The highest BCUT2D eigenvalue weighted by atomic mass is 32.2. The van der Waals surface area contributed by atoms with E-state index in [1.54, 1.807) is 11.8 Å². The molecule has 1 saturated carbocycles. The maximum absolute atomic E-state index is 12.6. The van der Waals surface area contributed by atoms with Crippen molar-refractivity contribution in [2.45, 2.75) is 23.8 Å². The summed E-state index contributed by atoms with van der Waals surface area (Å²) in [5.74, 6) is 1.32. The molecular weight excluding hydrogens is 256 g/mol. The summed E-state index contributed by atoms with van der Waals surface area (Å²) in [6, 6.07) is 8.16. The van der Waals surface area contributed by atoms with E-state index in [-0.39, 0.29) is 5.91 Å². The van der Waals surface area contributed by atoms with E-state index in [1.807, 2.05) is 35.4 Å². The molecule has 3 atom stereocenters. The van der Waals surface area contributed by atoms with Crippen molar-refractivity contribution < 1.29 is 4.79 Å². The Morgan fingerprint density at radius 2 is 2.11 bits per heavy atom. The van der Waals surface area contributed by atoms with E-state index in [9.17, 15) is 4.79 Å². The molecule has 1 amide bonds. The van der Waals surface area contributed by atoms with Crippen LogP contribution in [-0.2, 0) is 0 Å².